The van der Waals surface area contributed by atoms with Gasteiger partial charge in [0.05, 0.1) is 0 Å². The van der Waals surface area contributed by atoms with Crippen molar-refractivity contribution >= 4 is 40.8 Å². The number of nitrogens with one attached hydrogen (secondary N) is 2. The third-order valence-electron chi connectivity index (χ3n) is 7.48. The van der Waals surface area contributed by atoms with Gasteiger partial charge in [0, 0.05) is 30.2 Å². The molecule has 0 bridgehead atoms. The Morgan fingerprint density at radius 3 is 2.19 bits per heavy atom. The second-order valence-electron chi connectivity index (χ2n) is 10.2. The van der Waals surface area contributed by atoms with Gasteiger partial charge in [-0.15, -0.1) is 0 Å². The van der Waals surface area contributed by atoms with Crippen molar-refractivity contribution in [3.8, 4) is 0 Å². The lowest BCUT2D eigenvalue weighted by molar-refractivity contribution is -0.134. The first-order valence-electron chi connectivity index (χ1n) is 13.0. The van der Waals surface area contributed by atoms with Gasteiger partial charge in [0.15, 0.2) is 0 Å². The van der Waals surface area contributed by atoms with Crippen molar-refractivity contribution in [1.29, 1.82) is 0 Å². The van der Waals surface area contributed by atoms with Crippen LogP contribution in [0.15, 0.2) is 29.3 Å². The van der Waals surface area contributed by atoms with E-state index in [1.54, 1.807) is 0 Å². The van der Waals surface area contributed by atoms with E-state index >= 15 is 0 Å². The molecule has 0 aliphatic carbocycles. The van der Waals surface area contributed by atoms with Crippen molar-refractivity contribution in [2.24, 2.45) is 10.7 Å². The molecule has 0 atom stereocenters. The van der Waals surface area contributed by atoms with Crippen LogP contribution in [0.2, 0.25) is 0 Å². The van der Waals surface area contributed by atoms with Gasteiger partial charge in [-0.1, -0.05) is 12.5 Å². The number of likely N-dealkylation sites (tertiary alicyclic amines) is 2. The third-order valence-corrected chi connectivity index (χ3v) is 7.68. The lowest BCUT2D eigenvalue weighted by atomic mass is 9.83. The summed E-state index contributed by atoms with van der Waals surface area (Å²) in [7, 11) is 0. The normalized spacial score (nSPS) is 18.4. The number of guanidine groups is 1. The van der Waals surface area contributed by atoms with Crippen LogP contribution in [0.1, 0.15) is 54.6 Å². The molecule has 10 heteroatoms. The van der Waals surface area contributed by atoms with Crippen molar-refractivity contribution in [2.75, 3.05) is 36.8 Å². The van der Waals surface area contributed by atoms with E-state index < -0.39 is 5.54 Å². The minimum absolute atomic E-state index is 0.231. The Balaban J connectivity index is 1.57. The van der Waals surface area contributed by atoms with E-state index in [4.69, 9.17) is 22.9 Å². The van der Waals surface area contributed by atoms with Crippen molar-refractivity contribution in [2.45, 2.75) is 65.3 Å². The fourth-order valence-electron chi connectivity index (χ4n) is 5.26. The van der Waals surface area contributed by atoms with Crippen LogP contribution in [0, 0.1) is 27.7 Å². The second-order valence-corrected chi connectivity index (χ2v) is 10.6. The average Bonchev–Trinajstić information content (AvgIpc) is 2.86. The predicted octanol–water partition coefficient (Wildman–Crippen LogP) is 3.68. The Hall–Kier alpha value is -3.11. The number of thiocarbonyl (C=S) groups is 1. The quantitative estimate of drug-likeness (QED) is 0.317. The Kier molecular flexibility index (Phi) is 8.39. The lowest BCUT2D eigenvalue weighted by Crippen LogP contribution is -2.64. The maximum atomic E-state index is 12.7. The summed E-state index contributed by atoms with van der Waals surface area (Å²) in [6.07, 6.45) is 4.69. The SMILES string of the molecule is Cc1cc(C)nc(N/C(=N/C(=S)Nc2ccc(C)c(C)c2)N2CCC(C(N)=O)(N3CCCCC3)CC2)n1. The molecule has 1 aromatic heterocycles. The van der Waals surface area contributed by atoms with Gasteiger partial charge in [0.1, 0.15) is 5.54 Å². The number of anilines is 2. The van der Waals surface area contributed by atoms with Gasteiger partial charge in [0.2, 0.25) is 22.9 Å². The van der Waals surface area contributed by atoms with E-state index in [2.05, 4.69) is 56.4 Å². The van der Waals surface area contributed by atoms with Crippen LogP contribution in [-0.4, -0.2) is 68.5 Å². The molecule has 0 spiro atoms. The zero-order valence-corrected chi connectivity index (χ0v) is 23.1. The Morgan fingerprint density at radius 1 is 0.946 bits per heavy atom. The molecule has 2 aliphatic heterocycles. The highest BCUT2D eigenvalue weighted by molar-refractivity contribution is 7.80. The first-order chi connectivity index (χ1) is 17.7. The van der Waals surface area contributed by atoms with Gasteiger partial charge in [-0.25, -0.2) is 9.97 Å². The Morgan fingerprint density at radius 2 is 1.59 bits per heavy atom. The van der Waals surface area contributed by atoms with Crippen LogP contribution in [-0.2, 0) is 4.79 Å². The summed E-state index contributed by atoms with van der Waals surface area (Å²) in [5, 5.41) is 6.86. The van der Waals surface area contributed by atoms with Crippen LogP contribution in [0.25, 0.3) is 0 Å². The molecule has 0 radical (unpaired) electrons. The highest BCUT2D eigenvalue weighted by Crippen LogP contribution is 2.32. The lowest BCUT2D eigenvalue weighted by Gasteiger charge is -2.48. The van der Waals surface area contributed by atoms with Crippen LogP contribution in [0.4, 0.5) is 11.6 Å². The highest BCUT2D eigenvalue weighted by atomic mass is 32.1. The summed E-state index contributed by atoms with van der Waals surface area (Å²) in [5.74, 6) is 0.793. The van der Waals surface area contributed by atoms with E-state index in [1.165, 1.54) is 17.5 Å². The third kappa shape index (κ3) is 6.42. The number of nitrogens with zero attached hydrogens (tertiary/aromatic N) is 5. The van der Waals surface area contributed by atoms with E-state index in [1.807, 2.05) is 26.0 Å². The molecule has 37 heavy (non-hydrogen) atoms. The second kappa shape index (κ2) is 11.5. The number of rotatable bonds is 4. The van der Waals surface area contributed by atoms with E-state index in [-0.39, 0.29) is 5.91 Å². The number of primary amides is 1. The van der Waals surface area contributed by atoms with Gasteiger partial charge in [-0.3, -0.25) is 15.0 Å². The summed E-state index contributed by atoms with van der Waals surface area (Å²) < 4.78 is 0. The van der Waals surface area contributed by atoms with Crippen molar-refractivity contribution < 1.29 is 4.79 Å². The maximum absolute atomic E-state index is 12.7. The van der Waals surface area contributed by atoms with Gasteiger partial charge >= 0.3 is 0 Å². The molecular weight excluding hydrogens is 484 g/mol. The van der Waals surface area contributed by atoms with Crippen molar-refractivity contribution in [3.63, 3.8) is 0 Å². The molecule has 2 aromatic rings. The molecule has 198 valence electrons. The molecular formula is C27H38N8OS. The number of amides is 1. The number of nitrogens with two attached hydrogens (primary N) is 1. The molecule has 0 saturated carbocycles. The number of carbonyl (C=O) groups is 1. The van der Waals surface area contributed by atoms with Gasteiger partial charge in [-0.2, -0.15) is 4.99 Å². The number of piperidine rings is 2. The standard InChI is InChI=1S/C27H38N8OS/c1-18-8-9-22(16-19(18)2)31-26(37)33-25(32-24-29-20(3)17-21(4)30-24)34-14-10-27(11-15-34,23(28)36)35-12-6-5-7-13-35/h8-9,16-17H,5-7,10-15H2,1-4H3,(H2,28,36)(H2,29,30,31,32,33,37). The fourth-order valence-corrected chi connectivity index (χ4v) is 5.46. The summed E-state index contributed by atoms with van der Waals surface area (Å²) in [6, 6.07) is 8.03. The molecule has 9 nitrogen and oxygen atoms in total. The number of aliphatic imine (C=N–C) groups is 1. The average molecular weight is 523 g/mol. The number of carbonyl (C=O) groups excluding carboxylic acids is 1. The van der Waals surface area contributed by atoms with Gasteiger partial charge in [-0.05, 0) is 108 Å². The topological polar surface area (TPSA) is 112 Å². The molecule has 3 heterocycles. The zero-order valence-electron chi connectivity index (χ0n) is 22.3. The van der Waals surface area contributed by atoms with E-state index in [9.17, 15) is 4.79 Å². The van der Waals surface area contributed by atoms with E-state index in [0.717, 1.165) is 43.0 Å². The number of hydrogen-bond donors (Lipinski definition) is 3. The van der Waals surface area contributed by atoms with Crippen molar-refractivity contribution in [1.82, 2.24) is 19.8 Å². The zero-order chi connectivity index (χ0) is 26.6. The number of benzene rings is 1. The smallest absolute Gasteiger partial charge is 0.238 e. The van der Waals surface area contributed by atoms with Gasteiger partial charge < -0.3 is 16.0 Å². The van der Waals surface area contributed by atoms with Gasteiger partial charge in [0.25, 0.3) is 0 Å². The Labute approximate surface area is 224 Å². The van der Waals surface area contributed by atoms with Crippen LogP contribution >= 0.6 is 12.2 Å². The van der Waals surface area contributed by atoms with Crippen LogP contribution in [0.3, 0.4) is 0 Å². The van der Waals surface area contributed by atoms with Crippen LogP contribution < -0.4 is 16.4 Å². The molecule has 1 amide bonds. The minimum atomic E-state index is -0.614. The number of aryl methyl sites for hydroxylation is 4. The number of hydrogen-bond acceptors (Lipinski definition) is 5. The first kappa shape index (κ1) is 26.9. The van der Waals surface area contributed by atoms with Crippen LogP contribution in [0.5, 0.6) is 0 Å². The largest absolute Gasteiger partial charge is 0.368 e. The highest BCUT2D eigenvalue weighted by Gasteiger charge is 2.45. The molecule has 2 fully saturated rings. The summed E-state index contributed by atoms with van der Waals surface area (Å²) in [6.45, 7) is 11.1. The molecule has 2 aliphatic rings. The molecule has 4 rings (SSSR count). The molecule has 0 unspecified atom stereocenters. The summed E-state index contributed by atoms with van der Waals surface area (Å²) >= 11 is 5.63. The van der Waals surface area contributed by atoms with E-state index in [0.29, 0.717) is 43.0 Å². The molecule has 4 N–H and O–H groups in total. The number of aromatic nitrogens is 2. The summed E-state index contributed by atoms with van der Waals surface area (Å²) in [4.78, 5) is 31.0. The molecule has 1 aromatic carbocycles. The first-order valence-corrected chi connectivity index (χ1v) is 13.4. The summed E-state index contributed by atoms with van der Waals surface area (Å²) in [5.41, 5.74) is 10.4. The van der Waals surface area contributed by atoms with Crippen molar-refractivity contribution in [3.05, 3.63) is 46.8 Å². The molecule has 2 saturated heterocycles. The Bertz CT molecular complexity index is 1160. The maximum Gasteiger partial charge on any atom is 0.238 e. The monoisotopic (exact) mass is 522 g/mol. The fraction of sp³-hybridized carbons (Fsp3) is 0.519. The minimum Gasteiger partial charge on any atom is -0.368 e. The predicted molar refractivity (Wildman–Crippen MR) is 153 cm³/mol.